The Morgan fingerprint density at radius 3 is 2.90 bits per heavy atom. The summed E-state index contributed by atoms with van der Waals surface area (Å²) >= 11 is 0. The van der Waals surface area contributed by atoms with Crippen LogP contribution in [0.1, 0.15) is 38.6 Å². The molecule has 1 aliphatic rings. The summed E-state index contributed by atoms with van der Waals surface area (Å²) in [5.74, 6) is 1.32. The summed E-state index contributed by atoms with van der Waals surface area (Å²) in [6, 6.07) is 10.5. The lowest BCUT2D eigenvalue weighted by Gasteiger charge is -2.28. The van der Waals surface area contributed by atoms with Crippen molar-refractivity contribution < 1.29 is 9.52 Å². The number of para-hydroxylation sites is 1. The van der Waals surface area contributed by atoms with Crippen LogP contribution in [0.15, 0.2) is 34.7 Å². The van der Waals surface area contributed by atoms with Crippen LogP contribution >= 0.6 is 0 Å². The quantitative estimate of drug-likeness (QED) is 0.925. The molecule has 1 N–H and O–H groups in total. The summed E-state index contributed by atoms with van der Waals surface area (Å²) in [4.78, 5) is 2.41. The standard InChI is InChI=1S/C17H23NO2/c1-12(2)14-7-5-9-18(14)11-15(19)17-10-13-6-3-4-8-16(13)20-17/h3-4,6,8,10,12,14-15,19H,5,7,9,11H2,1-2H3. The number of hydrogen-bond donors (Lipinski definition) is 1. The van der Waals surface area contributed by atoms with E-state index in [2.05, 4.69) is 18.7 Å². The molecular formula is C17H23NO2. The monoisotopic (exact) mass is 273 g/mol. The average Bonchev–Trinajstić information content (AvgIpc) is 3.03. The number of fused-ring (bicyclic) bond motifs is 1. The summed E-state index contributed by atoms with van der Waals surface area (Å²) < 4.78 is 5.76. The normalized spacial score (nSPS) is 21.9. The number of β-amino-alcohol motifs (C(OH)–C–C–N with tert-alkyl or cyclic N) is 1. The zero-order valence-electron chi connectivity index (χ0n) is 12.2. The van der Waals surface area contributed by atoms with Crippen LogP contribution in [-0.2, 0) is 0 Å². The summed E-state index contributed by atoms with van der Waals surface area (Å²) in [5, 5.41) is 11.5. The minimum absolute atomic E-state index is 0.540. The highest BCUT2D eigenvalue weighted by atomic mass is 16.4. The van der Waals surface area contributed by atoms with Gasteiger partial charge in [-0.2, -0.15) is 0 Å². The number of furan rings is 1. The van der Waals surface area contributed by atoms with Gasteiger partial charge >= 0.3 is 0 Å². The minimum Gasteiger partial charge on any atom is -0.458 e. The average molecular weight is 273 g/mol. The SMILES string of the molecule is CC(C)C1CCCN1CC(O)c1cc2ccccc2o1. The van der Waals surface area contributed by atoms with Crippen LogP contribution in [-0.4, -0.2) is 29.1 Å². The van der Waals surface area contributed by atoms with Crippen LogP contribution in [0, 0.1) is 5.92 Å². The lowest BCUT2D eigenvalue weighted by molar-refractivity contribution is 0.0798. The molecule has 1 fully saturated rings. The molecule has 1 aromatic heterocycles. The van der Waals surface area contributed by atoms with Gasteiger partial charge < -0.3 is 9.52 Å². The van der Waals surface area contributed by atoms with Crippen LogP contribution in [0.25, 0.3) is 11.0 Å². The van der Waals surface area contributed by atoms with E-state index in [4.69, 9.17) is 4.42 Å². The maximum Gasteiger partial charge on any atom is 0.135 e. The van der Waals surface area contributed by atoms with E-state index in [1.165, 1.54) is 12.8 Å². The van der Waals surface area contributed by atoms with E-state index in [0.717, 1.165) is 17.5 Å². The third-order valence-corrected chi connectivity index (χ3v) is 4.36. The molecule has 1 saturated heterocycles. The molecule has 0 aliphatic carbocycles. The van der Waals surface area contributed by atoms with Crippen LogP contribution in [0.2, 0.25) is 0 Å². The van der Waals surface area contributed by atoms with Crippen molar-refractivity contribution in [3.63, 3.8) is 0 Å². The summed E-state index contributed by atoms with van der Waals surface area (Å²) in [6.07, 6.45) is 1.93. The van der Waals surface area contributed by atoms with Gasteiger partial charge in [-0.15, -0.1) is 0 Å². The third kappa shape index (κ3) is 2.60. The number of benzene rings is 1. The predicted octanol–water partition coefficient (Wildman–Crippen LogP) is 3.59. The van der Waals surface area contributed by atoms with Crippen molar-refractivity contribution in [1.82, 2.24) is 4.90 Å². The predicted molar refractivity (Wildman–Crippen MR) is 80.6 cm³/mol. The number of hydrogen-bond acceptors (Lipinski definition) is 3. The fourth-order valence-corrected chi connectivity index (χ4v) is 3.31. The van der Waals surface area contributed by atoms with E-state index >= 15 is 0 Å². The van der Waals surface area contributed by atoms with Gasteiger partial charge in [-0.1, -0.05) is 32.0 Å². The molecule has 20 heavy (non-hydrogen) atoms. The molecule has 1 aliphatic heterocycles. The van der Waals surface area contributed by atoms with Crippen LogP contribution in [0.4, 0.5) is 0 Å². The maximum absolute atomic E-state index is 10.4. The van der Waals surface area contributed by atoms with Gasteiger partial charge in [0.2, 0.25) is 0 Å². The van der Waals surface area contributed by atoms with Crippen LogP contribution < -0.4 is 0 Å². The van der Waals surface area contributed by atoms with Crippen molar-refractivity contribution in [2.75, 3.05) is 13.1 Å². The van der Waals surface area contributed by atoms with E-state index in [9.17, 15) is 5.11 Å². The fraction of sp³-hybridized carbons (Fsp3) is 0.529. The van der Waals surface area contributed by atoms with E-state index < -0.39 is 6.10 Å². The Kier molecular flexibility index (Phi) is 3.81. The highest BCUT2D eigenvalue weighted by Gasteiger charge is 2.29. The van der Waals surface area contributed by atoms with Gasteiger partial charge in [0, 0.05) is 18.0 Å². The number of aliphatic hydroxyl groups excluding tert-OH is 1. The number of likely N-dealkylation sites (tertiary alicyclic amines) is 1. The van der Waals surface area contributed by atoms with E-state index in [0.29, 0.717) is 24.3 Å². The van der Waals surface area contributed by atoms with Gasteiger partial charge in [0.05, 0.1) is 0 Å². The molecule has 108 valence electrons. The summed E-state index contributed by atoms with van der Waals surface area (Å²) in [7, 11) is 0. The van der Waals surface area contributed by atoms with E-state index in [1.807, 2.05) is 30.3 Å². The largest absolute Gasteiger partial charge is 0.458 e. The van der Waals surface area contributed by atoms with E-state index in [-0.39, 0.29) is 0 Å². The Morgan fingerprint density at radius 2 is 2.15 bits per heavy atom. The molecule has 3 nitrogen and oxygen atoms in total. The summed E-state index contributed by atoms with van der Waals surface area (Å²) in [5.41, 5.74) is 0.850. The van der Waals surface area contributed by atoms with Gasteiger partial charge in [-0.3, -0.25) is 4.90 Å². The van der Waals surface area contributed by atoms with Gasteiger partial charge in [0.25, 0.3) is 0 Å². The lowest BCUT2D eigenvalue weighted by atomic mass is 10.0. The third-order valence-electron chi connectivity index (χ3n) is 4.36. The first kappa shape index (κ1) is 13.7. The Labute approximate surface area is 120 Å². The molecule has 3 rings (SSSR count). The van der Waals surface area contributed by atoms with Crippen LogP contribution in [0.5, 0.6) is 0 Å². The van der Waals surface area contributed by atoms with Crippen molar-refractivity contribution in [2.45, 2.75) is 38.8 Å². The second kappa shape index (κ2) is 5.58. The lowest BCUT2D eigenvalue weighted by Crippen LogP contribution is -2.36. The first-order valence-corrected chi connectivity index (χ1v) is 7.56. The number of aliphatic hydroxyl groups is 1. The molecule has 0 spiro atoms. The zero-order valence-corrected chi connectivity index (χ0v) is 12.2. The molecule has 2 heterocycles. The van der Waals surface area contributed by atoms with Gasteiger partial charge in [-0.25, -0.2) is 0 Å². The molecule has 3 heteroatoms. The molecule has 0 amide bonds. The zero-order chi connectivity index (χ0) is 14.1. The fourth-order valence-electron chi connectivity index (χ4n) is 3.31. The van der Waals surface area contributed by atoms with Crippen molar-refractivity contribution in [3.05, 3.63) is 36.1 Å². The molecule has 0 bridgehead atoms. The Bertz CT molecular complexity index is 542. The first-order valence-electron chi connectivity index (χ1n) is 7.56. The first-order chi connectivity index (χ1) is 9.65. The van der Waals surface area contributed by atoms with Crippen molar-refractivity contribution >= 4 is 11.0 Å². The Balaban J connectivity index is 1.74. The Hall–Kier alpha value is -1.32. The van der Waals surface area contributed by atoms with Crippen molar-refractivity contribution in [1.29, 1.82) is 0 Å². The maximum atomic E-state index is 10.4. The molecule has 0 saturated carbocycles. The van der Waals surface area contributed by atoms with E-state index in [1.54, 1.807) is 0 Å². The second-order valence-electron chi connectivity index (χ2n) is 6.15. The molecular weight excluding hydrogens is 250 g/mol. The van der Waals surface area contributed by atoms with Crippen molar-refractivity contribution in [3.8, 4) is 0 Å². The Morgan fingerprint density at radius 1 is 1.35 bits per heavy atom. The molecule has 1 aromatic carbocycles. The highest BCUT2D eigenvalue weighted by Crippen LogP contribution is 2.28. The topological polar surface area (TPSA) is 36.6 Å². The molecule has 0 radical (unpaired) electrons. The van der Waals surface area contributed by atoms with Gasteiger partial charge in [-0.05, 0) is 37.4 Å². The molecule has 2 unspecified atom stereocenters. The van der Waals surface area contributed by atoms with Crippen molar-refractivity contribution in [2.24, 2.45) is 5.92 Å². The highest BCUT2D eigenvalue weighted by molar-refractivity contribution is 5.77. The second-order valence-corrected chi connectivity index (χ2v) is 6.15. The minimum atomic E-state index is -0.540. The number of rotatable bonds is 4. The molecule has 2 atom stereocenters. The number of nitrogens with zero attached hydrogens (tertiary/aromatic N) is 1. The van der Waals surface area contributed by atoms with Gasteiger partial charge in [0.1, 0.15) is 17.4 Å². The smallest absolute Gasteiger partial charge is 0.135 e. The van der Waals surface area contributed by atoms with Crippen LogP contribution in [0.3, 0.4) is 0 Å². The molecule has 2 aromatic rings. The van der Waals surface area contributed by atoms with Gasteiger partial charge in [0.15, 0.2) is 0 Å². The summed E-state index contributed by atoms with van der Waals surface area (Å²) in [6.45, 7) is 6.27.